The summed E-state index contributed by atoms with van der Waals surface area (Å²) in [6.07, 6.45) is 1.21. The Morgan fingerprint density at radius 2 is 1.44 bits per heavy atom. The van der Waals surface area contributed by atoms with E-state index in [9.17, 15) is 24.6 Å². The number of amides is 1. The van der Waals surface area contributed by atoms with E-state index in [0.717, 1.165) is 25.9 Å². The lowest BCUT2D eigenvalue weighted by atomic mass is 9.92. The largest absolute Gasteiger partial charge is 0.480 e. The highest BCUT2D eigenvalue weighted by molar-refractivity contribution is 5.85. The monoisotopic (exact) mass is 606 g/mol. The smallest absolute Gasteiger partial charge is 0.410 e. The van der Waals surface area contributed by atoms with Crippen molar-refractivity contribution < 1.29 is 39.2 Å². The summed E-state index contributed by atoms with van der Waals surface area (Å²) in [5.74, 6) is -0.472. The van der Waals surface area contributed by atoms with E-state index in [1.165, 1.54) is 7.11 Å². The van der Waals surface area contributed by atoms with Crippen LogP contribution >= 0.6 is 12.4 Å². The van der Waals surface area contributed by atoms with Crippen LogP contribution in [-0.2, 0) is 19.1 Å². The zero-order valence-electron chi connectivity index (χ0n) is 25.3. The molecule has 12 nitrogen and oxygen atoms in total. The van der Waals surface area contributed by atoms with E-state index < -0.39 is 35.9 Å². The number of nitrogens with one attached hydrogen (secondary N) is 1. The van der Waals surface area contributed by atoms with E-state index >= 15 is 0 Å². The molecule has 4 fully saturated rings. The van der Waals surface area contributed by atoms with Gasteiger partial charge in [0.2, 0.25) is 0 Å². The minimum Gasteiger partial charge on any atom is -0.480 e. The van der Waals surface area contributed by atoms with E-state index in [4.69, 9.17) is 14.6 Å². The number of carbonyl (C=O) groups is 3. The zero-order valence-corrected chi connectivity index (χ0v) is 26.1. The molecule has 4 rings (SSSR count). The van der Waals surface area contributed by atoms with Crippen LogP contribution in [0, 0.1) is 11.8 Å². The zero-order chi connectivity index (χ0) is 29.8. The minimum absolute atomic E-state index is 0. The molecule has 0 spiro atoms. The van der Waals surface area contributed by atoms with Crippen molar-refractivity contribution in [3.05, 3.63) is 0 Å². The summed E-state index contributed by atoms with van der Waals surface area (Å²) in [5.41, 5.74) is -0.508. The maximum atomic E-state index is 12.2. The van der Waals surface area contributed by atoms with Crippen molar-refractivity contribution >= 4 is 30.4 Å². The summed E-state index contributed by atoms with van der Waals surface area (Å²) in [4.78, 5) is 41.1. The number of esters is 1. The third kappa shape index (κ3) is 9.39. The van der Waals surface area contributed by atoms with Crippen molar-refractivity contribution in [2.75, 3.05) is 46.4 Å². The number of rotatable bonds is 4. The number of aliphatic carboxylic acids is 1. The summed E-state index contributed by atoms with van der Waals surface area (Å²) < 4.78 is 10.3. The van der Waals surface area contributed by atoms with Crippen molar-refractivity contribution in [1.29, 1.82) is 0 Å². The molecule has 0 aromatic heterocycles. The predicted octanol–water partition coefficient (Wildman–Crippen LogP) is 1.17. The Kier molecular flexibility index (Phi) is 13.1. The van der Waals surface area contributed by atoms with Crippen LogP contribution < -0.4 is 5.32 Å². The van der Waals surface area contributed by atoms with Gasteiger partial charge in [-0.3, -0.25) is 19.4 Å². The Hall–Kier alpha value is -1.70. The molecule has 4 saturated heterocycles. The predicted molar refractivity (Wildman–Crippen MR) is 155 cm³/mol. The molecule has 4 N–H and O–H groups in total. The lowest BCUT2D eigenvalue weighted by Gasteiger charge is -2.42. The standard InChI is InChI=1S/C17H30N2O5.C11H20N2O3.ClH/c1-11-9-18(16(22)24-17(2,3)4)7-6-13(11)19-10-12(20)8-14(19)15(21)23-5;1-7-5-12-3-2-9(7)13-6-8(14)4-10(13)11(15)16;/h11-14,20H,6-10H2,1-5H3;7-10,12,14H,2-6H2,1H3,(H,15,16);1H/t11?,12-,13?,14+;7?,8-,9?,10+;/m11./s1. The Bertz CT molecular complexity index is 890. The number of aliphatic hydroxyl groups excluding tert-OH is 2. The van der Waals surface area contributed by atoms with Crippen LogP contribution in [0.3, 0.4) is 0 Å². The van der Waals surface area contributed by atoms with E-state index in [1.54, 1.807) is 4.90 Å². The summed E-state index contributed by atoms with van der Waals surface area (Å²) in [6, 6.07) is -0.462. The van der Waals surface area contributed by atoms with Crippen LogP contribution in [-0.4, -0.2) is 136 Å². The van der Waals surface area contributed by atoms with E-state index in [2.05, 4.69) is 19.2 Å². The Labute approximate surface area is 250 Å². The number of aliphatic hydroxyl groups is 2. The van der Waals surface area contributed by atoms with Gasteiger partial charge in [-0.05, 0) is 58.5 Å². The molecular weight excluding hydrogens is 556 g/mol. The third-order valence-electron chi connectivity index (χ3n) is 8.50. The van der Waals surface area contributed by atoms with Crippen LogP contribution in [0.15, 0.2) is 0 Å². The maximum Gasteiger partial charge on any atom is 0.410 e. The average molecular weight is 607 g/mol. The highest BCUT2D eigenvalue weighted by Gasteiger charge is 2.44. The number of carboxylic acid groups (broad SMARTS) is 1. The molecule has 41 heavy (non-hydrogen) atoms. The first-order valence-electron chi connectivity index (χ1n) is 14.6. The lowest BCUT2D eigenvalue weighted by molar-refractivity contribution is -0.147. The Balaban J connectivity index is 0.000000301. The number of likely N-dealkylation sites (tertiary alicyclic amines) is 3. The van der Waals surface area contributed by atoms with Crippen LogP contribution in [0.5, 0.6) is 0 Å². The van der Waals surface area contributed by atoms with Crippen LogP contribution in [0.4, 0.5) is 4.79 Å². The number of carbonyl (C=O) groups excluding carboxylic acids is 2. The van der Waals surface area contributed by atoms with Gasteiger partial charge in [-0.1, -0.05) is 13.8 Å². The van der Waals surface area contributed by atoms with Crippen molar-refractivity contribution in [3.8, 4) is 0 Å². The van der Waals surface area contributed by atoms with Gasteiger partial charge in [0.05, 0.1) is 19.3 Å². The molecule has 0 aromatic rings. The van der Waals surface area contributed by atoms with Crippen molar-refractivity contribution in [1.82, 2.24) is 20.0 Å². The number of methoxy groups -OCH3 is 1. The second-order valence-corrected chi connectivity index (χ2v) is 12.9. The van der Waals surface area contributed by atoms with Crippen molar-refractivity contribution in [2.24, 2.45) is 11.8 Å². The number of hydrogen-bond donors (Lipinski definition) is 4. The Morgan fingerprint density at radius 3 is 1.95 bits per heavy atom. The van der Waals surface area contributed by atoms with Gasteiger partial charge in [-0.15, -0.1) is 12.4 Å². The number of piperidine rings is 2. The highest BCUT2D eigenvalue weighted by Crippen LogP contribution is 2.31. The van der Waals surface area contributed by atoms with Crippen molar-refractivity contribution in [2.45, 2.75) is 102 Å². The van der Waals surface area contributed by atoms with Gasteiger partial charge in [0.25, 0.3) is 0 Å². The summed E-state index contributed by atoms with van der Waals surface area (Å²) in [5, 5.41) is 32.0. The summed E-state index contributed by atoms with van der Waals surface area (Å²) >= 11 is 0. The molecule has 4 aliphatic rings. The highest BCUT2D eigenvalue weighted by atomic mass is 35.5. The number of hydrogen-bond acceptors (Lipinski definition) is 10. The third-order valence-corrected chi connectivity index (χ3v) is 8.50. The maximum absolute atomic E-state index is 12.2. The molecule has 0 radical (unpaired) electrons. The number of carboxylic acids is 1. The quantitative estimate of drug-likeness (QED) is 0.341. The first-order chi connectivity index (χ1) is 18.7. The number of β-amino-alcohol motifs (C(OH)–C–C–N with tert-alkyl or cyclic N) is 2. The second-order valence-electron chi connectivity index (χ2n) is 12.9. The van der Waals surface area contributed by atoms with Gasteiger partial charge >= 0.3 is 18.0 Å². The van der Waals surface area contributed by atoms with Gasteiger partial charge < -0.3 is 35.0 Å². The van der Waals surface area contributed by atoms with Gasteiger partial charge in [-0.25, -0.2) is 4.79 Å². The van der Waals surface area contributed by atoms with E-state index in [1.807, 2.05) is 30.6 Å². The number of nitrogens with zero attached hydrogens (tertiary/aromatic N) is 3. The molecule has 0 aromatic carbocycles. The van der Waals surface area contributed by atoms with Crippen LogP contribution in [0.1, 0.15) is 60.3 Å². The molecule has 4 unspecified atom stereocenters. The molecule has 0 aliphatic carbocycles. The first kappa shape index (κ1) is 35.5. The SMILES string of the molecule is CC1CNCCC1N1C[C@H](O)C[C@H]1C(=O)O.COC(=O)[C@@H]1C[C@@H](O)CN1C1CCN(C(=O)OC(C)(C)C)CC1C.Cl. The van der Waals surface area contributed by atoms with E-state index in [-0.39, 0.29) is 36.4 Å². The number of ether oxygens (including phenoxy) is 2. The van der Waals surface area contributed by atoms with E-state index in [0.29, 0.717) is 51.0 Å². The molecule has 238 valence electrons. The van der Waals surface area contributed by atoms with Gasteiger partial charge in [0.1, 0.15) is 17.7 Å². The fraction of sp³-hybridized carbons (Fsp3) is 0.893. The topological polar surface area (TPSA) is 152 Å². The Morgan fingerprint density at radius 1 is 0.878 bits per heavy atom. The molecule has 4 heterocycles. The molecule has 0 saturated carbocycles. The van der Waals surface area contributed by atoms with Gasteiger partial charge in [0, 0.05) is 51.1 Å². The molecule has 8 atom stereocenters. The second kappa shape index (κ2) is 15.2. The van der Waals surface area contributed by atoms with Crippen LogP contribution in [0.2, 0.25) is 0 Å². The molecule has 13 heteroatoms. The lowest BCUT2D eigenvalue weighted by Crippen LogP contribution is -2.55. The first-order valence-corrected chi connectivity index (χ1v) is 14.6. The average Bonchev–Trinajstić information content (AvgIpc) is 3.45. The summed E-state index contributed by atoms with van der Waals surface area (Å²) in [7, 11) is 1.37. The van der Waals surface area contributed by atoms with Crippen molar-refractivity contribution in [3.63, 3.8) is 0 Å². The summed E-state index contributed by atoms with van der Waals surface area (Å²) in [6.45, 7) is 13.8. The molecule has 0 bridgehead atoms. The fourth-order valence-corrected chi connectivity index (χ4v) is 6.63. The number of halogens is 1. The van der Waals surface area contributed by atoms with Gasteiger partial charge in [-0.2, -0.15) is 0 Å². The molecule has 1 amide bonds. The normalized spacial score (nSPS) is 34.7. The molecular formula is C28H51ClN4O8. The van der Waals surface area contributed by atoms with Gasteiger partial charge in [0.15, 0.2) is 0 Å². The fourth-order valence-electron chi connectivity index (χ4n) is 6.63. The molecule has 4 aliphatic heterocycles. The minimum atomic E-state index is -0.803. The van der Waals surface area contributed by atoms with Crippen LogP contribution in [0.25, 0.3) is 0 Å².